The summed E-state index contributed by atoms with van der Waals surface area (Å²) in [7, 11) is -5.89. The maximum Gasteiger partial charge on any atom is 0.221 e. The van der Waals surface area contributed by atoms with E-state index in [0.29, 0.717) is 0 Å². The second-order valence-corrected chi connectivity index (χ2v) is 17.8. The predicted octanol–water partition coefficient (Wildman–Crippen LogP) is 3.29. The topological polar surface area (TPSA) is 55.6 Å². The molecule has 0 aromatic rings. The third-order valence-corrected chi connectivity index (χ3v) is 19.6. The predicted molar refractivity (Wildman–Crippen MR) is 116 cm³/mol. The zero-order chi connectivity index (χ0) is 18.4. The molecule has 0 aromatic carbocycles. The molecule has 0 unspecified atom stereocenters. The fourth-order valence-electron chi connectivity index (χ4n) is 4.94. The van der Waals surface area contributed by atoms with Crippen LogP contribution in [0.25, 0.3) is 0 Å². The molecule has 0 bridgehead atoms. The van der Waals surface area contributed by atoms with E-state index >= 15 is 0 Å². The second kappa shape index (κ2) is 6.25. The molecule has 28 heavy (non-hydrogen) atoms. The minimum absolute atomic E-state index is 1.19. The van der Waals surface area contributed by atoms with Gasteiger partial charge in [-0.2, -0.15) is 13.5 Å². The van der Waals surface area contributed by atoms with Crippen LogP contribution in [0.3, 0.4) is 0 Å². The zero-order valence-electron chi connectivity index (χ0n) is 16.7. The number of rotatable bonds is 6. The third-order valence-electron chi connectivity index (χ3n) is 6.86. The van der Waals surface area contributed by atoms with Gasteiger partial charge in [0.1, 0.15) is 0 Å². The van der Waals surface area contributed by atoms with Gasteiger partial charge in [-0.15, -0.1) is 0 Å². The molecule has 156 valence electrons. The van der Waals surface area contributed by atoms with Crippen molar-refractivity contribution < 1.29 is 0 Å². The van der Waals surface area contributed by atoms with Crippen LogP contribution >= 0.6 is 22.5 Å². The van der Waals surface area contributed by atoms with Crippen LogP contribution in [-0.4, -0.2) is 107 Å². The first kappa shape index (κ1) is 18.1. The molecule has 2 atom stereocenters. The standard InChI is InChI=1S/C16H32N9P3/c1-2-6-20(5-1)26(22-9-10-22)17-27(23-11-12-23,21-7-3-4-8-21)19-28(18-26,24-13-14-24)25-15-16-25/h1-16H2/t26-,27-/m1/s1. The van der Waals surface area contributed by atoms with Crippen molar-refractivity contribution in [2.75, 3.05) is 78.5 Å². The van der Waals surface area contributed by atoms with E-state index in [4.69, 9.17) is 13.5 Å². The van der Waals surface area contributed by atoms with Crippen LogP contribution in [0.15, 0.2) is 13.5 Å². The van der Waals surface area contributed by atoms with Crippen molar-refractivity contribution in [2.24, 2.45) is 13.5 Å². The van der Waals surface area contributed by atoms with Gasteiger partial charge in [-0.05, 0) is 25.7 Å². The van der Waals surface area contributed by atoms with Crippen LogP contribution in [0.5, 0.6) is 0 Å². The fraction of sp³-hybridized carbons (Fsp3) is 1.00. The van der Waals surface area contributed by atoms with Crippen molar-refractivity contribution in [3.63, 3.8) is 0 Å². The van der Waals surface area contributed by atoms with Gasteiger partial charge in [-0.1, -0.05) is 0 Å². The van der Waals surface area contributed by atoms with E-state index in [1.807, 2.05) is 0 Å². The quantitative estimate of drug-likeness (QED) is 0.464. The van der Waals surface area contributed by atoms with Gasteiger partial charge in [-0.25, -0.2) is 28.0 Å². The highest BCUT2D eigenvalue weighted by molar-refractivity contribution is 7.83. The average molecular weight is 443 g/mol. The molecule has 0 spiro atoms. The van der Waals surface area contributed by atoms with Gasteiger partial charge < -0.3 is 0 Å². The Bertz CT molecular complexity index is 796. The van der Waals surface area contributed by atoms with Gasteiger partial charge >= 0.3 is 0 Å². The molecule has 6 saturated heterocycles. The van der Waals surface area contributed by atoms with Gasteiger partial charge in [0.05, 0.1) is 0 Å². The molecule has 7 rings (SSSR count). The van der Waals surface area contributed by atoms with E-state index in [2.05, 4.69) is 28.0 Å². The normalized spacial score (nSPS) is 44.1. The van der Waals surface area contributed by atoms with E-state index in [1.165, 1.54) is 104 Å². The summed E-state index contributed by atoms with van der Waals surface area (Å²) in [6, 6.07) is 0. The Hall–Kier alpha value is 0.450. The summed E-state index contributed by atoms with van der Waals surface area (Å²) >= 11 is 0. The van der Waals surface area contributed by atoms with Crippen LogP contribution < -0.4 is 0 Å². The van der Waals surface area contributed by atoms with Crippen molar-refractivity contribution in [2.45, 2.75) is 25.7 Å². The number of hydrogen-bond donors (Lipinski definition) is 0. The van der Waals surface area contributed by atoms with Gasteiger partial charge in [0, 0.05) is 78.5 Å². The monoisotopic (exact) mass is 443 g/mol. The van der Waals surface area contributed by atoms with E-state index in [0.717, 1.165) is 0 Å². The van der Waals surface area contributed by atoms with Gasteiger partial charge in [-0.3, -0.25) is 0 Å². The van der Waals surface area contributed by atoms with Crippen LogP contribution in [0.2, 0.25) is 0 Å². The first-order valence-electron chi connectivity index (χ1n) is 11.2. The summed E-state index contributed by atoms with van der Waals surface area (Å²) in [5.74, 6) is 0. The lowest BCUT2D eigenvalue weighted by atomic mass is 10.4. The first-order valence-corrected chi connectivity index (χ1v) is 16.0. The molecule has 7 aliphatic heterocycles. The number of hydrogen-bond acceptors (Lipinski definition) is 9. The summed E-state index contributed by atoms with van der Waals surface area (Å²) in [4.78, 5) is 0. The molecule has 0 aliphatic carbocycles. The molecule has 7 aliphatic rings. The Balaban J connectivity index is 1.52. The highest BCUT2D eigenvalue weighted by atomic mass is 31.3. The lowest BCUT2D eigenvalue weighted by Crippen LogP contribution is -2.25. The minimum Gasteiger partial charge on any atom is -0.240 e. The van der Waals surface area contributed by atoms with Crippen molar-refractivity contribution in [1.82, 2.24) is 28.0 Å². The Labute approximate surface area is 168 Å². The van der Waals surface area contributed by atoms with Gasteiger partial charge in [0.15, 0.2) is 0 Å². The highest BCUT2D eigenvalue weighted by Gasteiger charge is 2.58. The second-order valence-electron chi connectivity index (χ2n) is 9.01. The molecule has 12 heteroatoms. The molecule has 0 aromatic heterocycles. The summed E-state index contributed by atoms with van der Waals surface area (Å²) in [5, 5.41) is 0. The summed E-state index contributed by atoms with van der Waals surface area (Å²) < 4.78 is 33.8. The molecule has 0 saturated carbocycles. The van der Waals surface area contributed by atoms with Crippen LogP contribution in [0.1, 0.15) is 25.7 Å². The highest BCUT2D eigenvalue weighted by Crippen LogP contribution is 2.86. The SMILES string of the molecule is C1CCN([P@]2(N3CC3)=NP(N3CC3)(N3CC3)=N[P@](N3CCCC3)(N3CC3)=N2)C1. The Morgan fingerprint density at radius 1 is 0.321 bits per heavy atom. The van der Waals surface area contributed by atoms with Gasteiger partial charge in [0.2, 0.25) is 22.5 Å². The van der Waals surface area contributed by atoms with E-state index < -0.39 is 22.5 Å². The smallest absolute Gasteiger partial charge is 0.221 e. The Kier molecular flexibility index (Phi) is 4.03. The van der Waals surface area contributed by atoms with E-state index in [1.54, 1.807) is 0 Å². The molecular weight excluding hydrogens is 411 g/mol. The maximum absolute atomic E-state index is 5.92. The van der Waals surface area contributed by atoms with E-state index in [9.17, 15) is 0 Å². The van der Waals surface area contributed by atoms with Crippen molar-refractivity contribution in [3.8, 4) is 0 Å². The Morgan fingerprint density at radius 3 is 0.750 bits per heavy atom. The Morgan fingerprint density at radius 2 is 0.536 bits per heavy atom. The lowest BCUT2D eigenvalue weighted by Gasteiger charge is -2.43. The van der Waals surface area contributed by atoms with Crippen molar-refractivity contribution >= 4 is 22.5 Å². The molecule has 7 heterocycles. The van der Waals surface area contributed by atoms with Crippen LogP contribution in [0, 0.1) is 0 Å². The van der Waals surface area contributed by atoms with E-state index in [-0.39, 0.29) is 0 Å². The molecule has 0 radical (unpaired) electrons. The summed E-state index contributed by atoms with van der Waals surface area (Å²) in [6.07, 6.45) is 5.26. The fourth-order valence-corrected chi connectivity index (χ4v) is 20.8. The van der Waals surface area contributed by atoms with Gasteiger partial charge in [0.25, 0.3) is 0 Å². The largest absolute Gasteiger partial charge is 0.240 e. The summed E-state index contributed by atoms with van der Waals surface area (Å²) in [6.45, 7) is 14.3. The van der Waals surface area contributed by atoms with Crippen LogP contribution in [-0.2, 0) is 0 Å². The van der Waals surface area contributed by atoms with Crippen LogP contribution in [0.4, 0.5) is 0 Å². The maximum atomic E-state index is 5.92. The average Bonchev–Trinajstić information content (AvgIpc) is 3.54. The summed E-state index contributed by atoms with van der Waals surface area (Å²) in [5.41, 5.74) is 0. The first-order chi connectivity index (χ1) is 13.8. The zero-order valence-corrected chi connectivity index (χ0v) is 19.4. The minimum atomic E-state index is -1.98. The lowest BCUT2D eigenvalue weighted by molar-refractivity contribution is 0.519. The molecule has 9 nitrogen and oxygen atoms in total. The van der Waals surface area contributed by atoms with Crippen molar-refractivity contribution in [3.05, 3.63) is 0 Å². The molecule has 0 N–H and O–H groups in total. The third kappa shape index (κ3) is 2.65. The molecular formula is C16H32N9P3. The molecule has 6 fully saturated rings. The molecule has 0 amide bonds. The number of nitrogens with zero attached hydrogens (tertiary/aromatic N) is 9. The van der Waals surface area contributed by atoms with Crippen molar-refractivity contribution in [1.29, 1.82) is 0 Å².